The van der Waals surface area contributed by atoms with E-state index in [4.69, 9.17) is 4.74 Å². The van der Waals surface area contributed by atoms with E-state index in [1.54, 1.807) is 24.5 Å². The summed E-state index contributed by atoms with van der Waals surface area (Å²) in [4.78, 5) is 21.0. The Hall–Kier alpha value is -1.50. The molecule has 0 radical (unpaired) electrons. The van der Waals surface area contributed by atoms with Crippen LogP contribution in [0.3, 0.4) is 0 Å². The molecule has 2 N–H and O–H groups in total. The molecule has 0 unspecified atom stereocenters. The fourth-order valence-electron chi connectivity index (χ4n) is 3.01. The van der Waals surface area contributed by atoms with Crippen molar-refractivity contribution in [3.63, 3.8) is 0 Å². The molecule has 1 aliphatic rings. The van der Waals surface area contributed by atoms with Crippen LogP contribution in [0.4, 0.5) is 0 Å². The summed E-state index contributed by atoms with van der Waals surface area (Å²) in [6.07, 6.45) is 4.72. The Kier molecular flexibility index (Phi) is 5.25. The Balaban J connectivity index is 1.83. The molecule has 1 atom stereocenters. The van der Waals surface area contributed by atoms with Gasteiger partial charge in [0, 0.05) is 41.6 Å². The average molecular weight is 333 g/mol. The molecule has 0 saturated carbocycles. The van der Waals surface area contributed by atoms with Crippen LogP contribution in [-0.2, 0) is 24.1 Å². The van der Waals surface area contributed by atoms with Gasteiger partial charge >= 0.3 is 0 Å². The summed E-state index contributed by atoms with van der Waals surface area (Å²) in [5, 5.41) is 5.46. The van der Waals surface area contributed by atoms with E-state index < -0.39 is 0 Å². The van der Waals surface area contributed by atoms with Gasteiger partial charge in [-0.1, -0.05) is 0 Å². The van der Waals surface area contributed by atoms with Crippen molar-refractivity contribution in [3.8, 4) is 11.4 Å². The molecule has 6 heteroatoms. The van der Waals surface area contributed by atoms with E-state index in [9.17, 15) is 4.79 Å². The summed E-state index contributed by atoms with van der Waals surface area (Å²) < 4.78 is 5.11. The van der Waals surface area contributed by atoms with Gasteiger partial charge in [-0.2, -0.15) is 0 Å². The summed E-state index contributed by atoms with van der Waals surface area (Å²) in [5.74, 6) is 0.702. The summed E-state index contributed by atoms with van der Waals surface area (Å²) >= 11 is 1.79. The zero-order valence-electron chi connectivity index (χ0n) is 13.6. The monoisotopic (exact) mass is 333 g/mol. The second-order valence-electron chi connectivity index (χ2n) is 6.08. The van der Waals surface area contributed by atoms with E-state index in [1.807, 2.05) is 6.92 Å². The lowest BCUT2D eigenvalue weighted by Crippen LogP contribution is -2.30. The fourth-order valence-corrected chi connectivity index (χ4v) is 4.14. The maximum atomic E-state index is 12.0. The van der Waals surface area contributed by atoms with Gasteiger partial charge in [0.1, 0.15) is 5.82 Å². The number of aromatic amines is 1. The largest absolute Gasteiger partial charge is 0.383 e. The normalized spacial score (nSPS) is 15.4. The first kappa shape index (κ1) is 16.4. The SMILES string of the molecule is COC[C@@H](C)NCc1cc(=O)[nH]c(-c2csc3c2CCCC3)n1. The van der Waals surface area contributed by atoms with Crippen LogP contribution >= 0.6 is 11.3 Å². The smallest absolute Gasteiger partial charge is 0.251 e. The molecule has 124 valence electrons. The minimum atomic E-state index is -0.0954. The summed E-state index contributed by atoms with van der Waals surface area (Å²) in [5.41, 5.74) is 3.15. The van der Waals surface area contributed by atoms with E-state index in [0.29, 0.717) is 19.0 Å². The number of aromatic nitrogens is 2. The second kappa shape index (κ2) is 7.38. The minimum Gasteiger partial charge on any atom is -0.383 e. The number of hydrogen-bond acceptors (Lipinski definition) is 5. The van der Waals surface area contributed by atoms with Crippen molar-refractivity contribution < 1.29 is 4.74 Å². The van der Waals surface area contributed by atoms with Crippen LogP contribution in [0.15, 0.2) is 16.2 Å². The first-order valence-electron chi connectivity index (χ1n) is 8.09. The zero-order chi connectivity index (χ0) is 16.2. The van der Waals surface area contributed by atoms with Crippen LogP contribution in [0.2, 0.25) is 0 Å². The zero-order valence-corrected chi connectivity index (χ0v) is 14.5. The molecule has 0 amide bonds. The third-order valence-electron chi connectivity index (χ3n) is 4.16. The lowest BCUT2D eigenvalue weighted by Gasteiger charge is -2.14. The molecule has 3 rings (SSSR count). The van der Waals surface area contributed by atoms with Crippen LogP contribution < -0.4 is 10.9 Å². The molecule has 0 aromatic carbocycles. The fraction of sp³-hybridized carbons (Fsp3) is 0.529. The van der Waals surface area contributed by atoms with Crippen molar-refractivity contribution >= 4 is 11.3 Å². The van der Waals surface area contributed by atoms with Crippen LogP contribution in [0, 0.1) is 0 Å². The highest BCUT2D eigenvalue weighted by Crippen LogP contribution is 2.34. The van der Waals surface area contributed by atoms with Crippen molar-refractivity contribution in [3.05, 3.63) is 37.9 Å². The Morgan fingerprint density at radius 3 is 3.09 bits per heavy atom. The number of ether oxygens (including phenoxy) is 1. The Labute approximate surface area is 140 Å². The standard InChI is InChI=1S/C17H23N3O2S/c1-11(9-22-2)18-8-12-7-16(21)20-17(19-12)14-10-23-15-6-4-3-5-13(14)15/h7,10-11,18H,3-6,8-9H2,1-2H3,(H,19,20,21)/t11-/m1/s1. The summed E-state index contributed by atoms with van der Waals surface area (Å²) in [6, 6.07) is 1.79. The highest BCUT2D eigenvalue weighted by Gasteiger charge is 2.18. The van der Waals surface area contributed by atoms with E-state index in [2.05, 4.69) is 20.7 Å². The number of nitrogens with one attached hydrogen (secondary N) is 2. The molecular formula is C17H23N3O2S. The Morgan fingerprint density at radius 1 is 1.43 bits per heavy atom. The maximum Gasteiger partial charge on any atom is 0.251 e. The van der Waals surface area contributed by atoms with Crippen LogP contribution in [0.1, 0.15) is 35.9 Å². The molecular weight excluding hydrogens is 310 g/mol. The van der Waals surface area contributed by atoms with Gasteiger partial charge in [0.05, 0.1) is 12.3 Å². The second-order valence-corrected chi connectivity index (χ2v) is 7.05. The number of nitrogens with zero attached hydrogens (tertiary/aromatic N) is 1. The maximum absolute atomic E-state index is 12.0. The van der Waals surface area contributed by atoms with E-state index in [1.165, 1.54) is 23.3 Å². The predicted molar refractivity (Wildman–Crippen MR) is 93.0 cm³/mol. The predicted octanol–water partition coefficient (Wildman–Crippen LogP) is 2.50. The third-order valence-corrected chi connectivity index (χ3v) is 5.25. The van der Waals surface area contributed by atoms with Gasteiger partial charge in [0.25, 0.3) is 5.56 Å². The van der Waals surface area contributed by atoms with Crippen molar-refractivity contribution in [1.29, 1.82) is 0 Å². The van der Waals surface area contributed by atoms with Crippen molar-refractivity contribution in [1.82, 2.24) is 15.3 Å². The van der Waals surface area contributed by atoms with Crippen LogP contribution in [0.25, 0.3) is 11.4 Å². The minimum absolute atomic E-state index is 0.0954. The Bertz CT molecular complexity index is 723. The number of hydrogen-bond donors (Lipinski definition) is 2. The number of fused-ring (bicyclic) bond motifs is 1. The first-order valence-corrected chi connectivity index (χ1v) is 8.97. The van der Waals surface area contributed by atoms with Gasteiger partial charge in [0.15, 0.2) is 0 Å². The average Bonchev–Trinajstić information content (AvgIpc) is 2.97. The van der Waals surface area contributed by atoms with Gasteiger partial charge in [0.2, 0.25) is 0 Å². The van der Waals surface area contributed by atoms with Crippen LogP contribution in [0.5, 0.6) is 0 Å². The van der Waals surface area contributed by atoms with E-state index in [-0.39, 0.29) is 11.6 Å². The van der Waals surface area contributed by atoms with E-state index >= 15 is 0 Å². The quantitative estimate of drug-likeness (QED) is 0.852. The molecule has 0 fully saturated rings. The molecule has 2 aromatic heterocycles. The molecule has 2 heterocycles. The van der Waals surface area contributed by atoms with Crippen molar-refractivity contribution in [2.75, 3.05) is 13.7 Å². The van der Waals surface area contributed by atoms with Gasteiger partial charge in [-0.15, -0.1) is 11.3 Å². The number of thiophene rings is 1. The molecule has 2 aromatic rings. The molecule has 0 saturated heterocycles. The van der Waals surface area contributed by atoms with Crippen LogP contribution in [-0.4, -0.2) is 29.7 Å². The van der Waals surface area contributed by atoms with Gasteiger partial charge in [-0.25, -0.2) is 4.98 Å². The first-order chi connectivity index (χ1) is 11.2. The number of methoxy groups -OCH3 is 1. The number of H-pyrrole nitrogens is 1. The van der Waals surface area contributed by atoms with Crippen molar-refractivity contribution in [2.24, 2.45) is 0 Å². The lowest BCUT2D eigenvalue weighted by atomic mass is 9.95. The van der Waals surface area contributed by atoms with Gasteiger partial charge in [-0.3, -0.25) is 4.79 Å². The number of rotatable bonds is 6. The third kappa shape index (κ3) is 3.88. The van der Waals surface area contributed by atoms with Gasteiger partial charge in [-0.05, 0) is 38.2 Å². The lowest BCUT2D eigenvalue weighted by molar-refractivity contribution is 0.171. The molecule has 23 heavy (non-hydrogen) atoms. The topological polar surface area (TPSA) is 67.0 Å². The molecule has 1 aliphatic carbocycles. The van der Waals surface area contributed by atoms with E-state index in [0.717, 1.165) is 24.1 Å². The highest BCUT2D eigenvalue weighted by atomic mass is 32.1. The molecule has 5 nitrogen and oxygen atoms in total. The number of aryl methyl sites for hydroxylation is 1. The van der Waals surface area contributed by atoms with Crippen molar-refractivity contribution in [2.45, 2.75) is 45.2 Å². The summed E-state index contributed by atoms with van der Waals surface area (Å²) in [6.45, 7) is 3.24. The molecule has 0 spiro atoms. The van der Waals surface area contributed by atoms with Gasteiger partial charge < -0.3 is 15.0 Å². The molecule has 0 aliphatic heterocycles. The Morgan fingerprint density at radius 2 is 2.26 bits per heavy atom. The summed E-state index contributed by atoms with van der Waals surface area (Å²) in [7, 11) is 1.68. The highest BCUT2D eigenvalue weighted by molar-refractivity contribution is 7.10. The molecule has 0 bridgehead atoms.